The summed E-state index contributed by atoms with van der Waals surface area (Å²) in [4.78, 5) is 31.6. The van der Waals surface area contributed by atoms with Crippen LogP contribution in [0.25, 0.3) is 0 Å². The van der Waals surface area contributed by atoms with Crippen LogP contribution in [0, 0.1) is 0 Å². The van der Waals surface area contributed by atoms with E-state index in [-0.39, 0.29) is 23.6 Å². The van der Waals surface area contributed by atoms with Gasteiger partial charge in [0.2, 0.25) is 0 Å². The Kier molecular flexibility index (Phi) is 22.4. The van der Waals surface area contributed by atoms with Crippen LogP contribution in [0.3, 0.4) is 0 Å². The van der Waals surface area contributed by atoms with Gasteiger partial charge in [0.25, 0.3) is 0 Å². The molecule has 0 rings (SSSR count). The van der Waals surface area contributed by atoms with Crippen LogP contribution in [0.5, 0.6) is 0 Å². The van der Waals surface area contributed by atoms with Crippen LogP contribution in [0.15, 0.2) is 0 Å². The first-order valence-corrected chi connectivity index (χ1v) is 16.4. The molecule has 0 saturated heterocycles. The maximum atomic E-state index is 11.5. The first kappa shape index (κ1) is 35.2. The van der Waals surface area contributed by atoms with Crippen LogP contribution in [-0.4, -0.2) is 78.8 Å². The molecule has 0 saturated carbocycles. The molecule has 0 aromatic heterocycles. The number of rotatable bonds is 25. The van der Waals surface area contributed by atoms with Gasteiger partial charge >= 0.3 is 163 Å². The summed E-state index contributed by atoms with van der Waals surface area (Å²) in [6.45, 7) is 5.58. The van der Waals surface area contributed by atoms with Crippen LogP contribution in [-0.2, 0) is 18.6 Å². The third-order valence-corrected chi connectivity index (χ3v) is 7.85. The average molecular weight is 543 g/mol. The zero-order valence-corrected chi connectivity index (χ0v) is 25.2. The molecule has 0 heterocycles. The summed E-state index contributed by atoms with van der Waals surface area (Å²) in [6, 6.07) is 0. The maximum absolute atomic E-state index is 11.5. The fraction of sp³-hybridized carbons (Fsp3) is 0.962. The Hall–Kier alpha value is 0.210. The Morgan fingerprint density at radius 2 is 1.26 bits per heavy atom. The second kappa shape index (κ2) is 22.2. The normalized spacial score (nSPS) is 13.8. The van der Waals surface area contributed by atoms with Crippen molar-refractivity contribution in [2.24, 2.45) is 0 Å². The summed E-state index contributed by atoms with van der Waals surface area (Å²) < 4.78 is 16.8. The van der Waals surface area contributed by atoms with E-state index in [0.717, 1.165) is 24.6 Å². The molecule has 0 fully saturated rings. The third kappa shape index (κ3) is 27.1. The van der Waals surface area contributed by atoms with Crippen LogP contribution in [0.1, 0.15) is 104 Å². The van der Waals surface area contributed by atoms with Gasteiger partial charge in [0.15, 0.2) is 0 Å². The average Bonchev–Trinajstić information content (AvgIpc) is 2.75. The van der Waals surface area contributed by atoms with Crippen LogP contribution < -0.4 is 0 Å². The molecule has 0 bridgehead atoms. The number of unbranched alkanes of at least 4 members (excludes halogenated alkanes) is 13. The number of hydrogen-bond donors (Lipinski definition) is 2. The fourth-order valence-corrected chi connectivity index (χ4v) is 5.41. The van der Waals surface area contributed by atoms with E-state index < -0.39 is 8.17 Å². The third-order valence-electron chi connectivity index (χ3n) is 5.79. The standard InChI is InChI=1S/C26H57NO6PS/c1-6-7-8-9-10-11-12-13-14-15-16-17-18-19-21-31-23-26(35-25(2)28)24-33-34(29,30)32-22-20-27(3,4)5/h26,29-30,34H,6-24H2,1-5H3/q+1/t26-/m1/s1. The van der Waals surface area contributed by atoms with Gasteiger partial charge < -0.3 is 0 Å². The number of ether oxygens (including phenoxy) is 1. The summed E-state index contributed by atoms with van der Waals surface area (Å²) >= 11 is 1.11. The van der Waals surface area contributed by atoms with E-state index in [0.29, 0.717) is 24.2 Å². The van der Waals surface area contributed by atoms with Crippen LogP contribution >= 0.6 is 19.9 Å². The van der Waals surface area contributed by atoms with Gasteiger partial charge in [-0.25, -0.2) is 0 Å². The zero-order valence-electron chi connectivity index (χ0n) is 23.4. The molecule has 2 N–H and O–H groups in total. The van der Waals surface area contributed by atoms with E-state index in [1.807, 2.05) is 21.1 Å². The second-order valence-corrected chi connectivity index (χ2v) is 13.8. The molecular weight excluding hydrogens is 485 g/mol. The van der Waals surface area contributed by atoms with Gasteiger partial charge in [-0.15, -0.1) is 0 Å². The Balaban J connectivity index is 3.76. The SMILES string of the molecule is CCCCCCCCCCCCCCCCOC[C@H](CO[PH](O)(O)OCC[N+](C)(C)C)SC(C)=O. The molecular formula is C26H57NO6PS+. The predicted molar refractivity (Wildman–Crippen MR) is 151 cm³/mol. The van der Waals surface area contributed by atoms with Crippen molar-refractivity contribution in [3.63, 3.8) is 0 Å². The van der Waals surface area contributed by atoms with E-state index in [2.05, 4.69) is 6.92 Å². The number of thioether (sulfide) groups is 1. The van der Waals surface area contributed by atoms with Crippen molar-refractivity contribution in [1.29, 1.82) is 0 Å². The van der Waals surface area contributed by atoms with Gasteiger partial charge in [-0.3, -0.25) is 0 Å². The molecule has 0 aliphatic heterocycles. The molecule has 0 aliphatic rings. The van der Waals surface area contributed by atoms with Crippen molar-refractivity contribution in [2.75, 3.05) is 54.1 Å². The summed E-state index contributed by atoms with van der Waals surface area (Å²) in [6.07, 6.45) is 18.5. The molecule has 0 aromatic carbocycles. The predicted octanol–water partition coefficient (Wildman–Crippen LogP) is 6.27. The molecule has 0 amide bonds. The van der Waals surface area contributed by atoms with E-state index in [1.54, 1.807) is 0 Å². The molecule has 0 radical (unpaired) electrons. The van der Waals surface area contributed by atoms with E-state index >= 15 is 0 Å². The summed E-state index contributed by atoms with van der Waals surface area (Å²) in [7, 11) is 1.79. The molecule has 9 heteroatoms. The van der Waals surface area contributed by atoms with Crippen molar-refractivity contribution in [3.05, 3.63) is 0 Å². The van der Waals surface area contributed by atoms with Gasteiger partial charge in [-0.1, -0.05) is 58.3 Å². The van der Waals surface area contributed by atoms with E-state index in [9.17, 15) is 14.6 Å². The summed E-state index contributed by atoms with van der Waals surface area (Å²) in [5.74, 6) is 0. The molecule has 7 nitrogen and oxygen atoms in total. The number of likely N-dealkylation sites (N-methyl/N-ethyl adjacent to an activating group) is 1. The molecule has 1 atom stereocenters. The molecule has 0 aliphatic carbocycles. The number of quaternary nitrogens is 1. The molecule has 0 unspecified atom stereocenters. The topological polar surface area (TPSA) is 85.2 Å². The first-order valence-electron chi connectivity index (χ1n) is 13.8. The monoisotopic (exact) mass is 542 g/mol. The minimum atomic E-state index is -4.20. The molecule has 35 heavy (non-hydrogen) atoms. The summed E-state index contributed by atoms with van der Waals surface area (Å²) in [5, 5.41) is -0.333. The first-order chi connectivity index (χ1) is 16.6. The fourth-order valence-electron chi connectivity index (χ4n) is 3.66. The van der Waals surface area contributed by atoms with Crippen LogP contribution in [0.4, 0.5) is 0 Å². The van der Waals surface area contributed by atoms with Gasteiger partial charge in [0.05, 0.1) is 0 Å². The quantitative estimate of drug-likeness (QED) is 0.0799. The Morgan fingerprint density at radius 3 is 1.71 bits per heavy atom. The van der Waals surface area contributed by atoms with Gasteiger partial charge in [0.1, 0.15) is 0 Å². The number of carbonyl (C=O) groups excluding carboxylic acids is 1. The minimum absolute atomic E-state index is 0.00653. The molecule has 0 aromatic rings. The molecule has 212 valence electrons. The van der Waals surface area contributed by atoms with Gasteiger partial charge in [0, 0.05) is 0 Å². The Morgan fingerprint density at radius 1 is 0.771 bits per heavy atom. The van der Waals surface area contributed by atoms with Crippen molar-refractivity contribution in [2.45, 2.75) is 109 Å². The molecule has 0 spiro atoms. The number of carbonyl (C=O) groups is 1. The zero-order chi connectivity index (χ0) is 26.4. The number of nitrogens with zero attached hydrogens (tertiary/aromatic N) is 1. The van der Waals surface area contributed by atoms with E-state index in [1.165, 1.54) is 84.0 Å². The second-order valence-electron chi connectivity index (χ2n) is 10.6. The van der Waals surface area contributed by atoms with Crippen LogP contribution in [0.2, 0.25) is 0 Å². The van der Waals surface area contributed by atoms with E-state index in [4.69, 9.17) is 13.8 Å². The van der Waals surface area contributed by atoms with Gasteiger partial charge in [-0.2, -0.15) is 0 Å². The number of hydrogen-bond acceptors (Lipinski definition) is 7. The van der Waals surface area contributed by atoms with Crippen molar-refractivity contribution in [1.82, 2.24) is 0 Å². The van der Waals surface area contributed by atoms with Crippen molar-refractivity contribution in [3.8, 4) is 0 Å². The summed E-state index contributed by atoms with van der Waals surface area (Å²) in [5.41, 5.74) is 0. The van der Waals surface area contributed by atoms with Crippen molar-refractivity contribution >= 4 is 25.0 Å². The Labute approximate surface area is 220 Å². The van der Waals surface area contributed by atoms with Gasteiger partial charge in [-0.05, 0) is 0 Å². The van der Waals surface area contributed by atoms with Crippen molar-refractivity contribution < 1.29 is 32.8 Å². The Bertz CT molecular complexity index is 505.